The van der Waals surface area contributed by atoms with Gasteiger partial charge in [0, 0.05) is 30.9 Å². The predicted octanol–water partition coefficient (Wildman–Crippen LogP) is 4.96. The Labute approximate surface area is 218 Å². The summed E-state index contributed by atoms with van der Waals surface area (Å²) >= 11 is 6.26. The Morgan fingerprint density at radius 3 is 2.39 bits per heavy atom. The topological polar surface area (TPSA) is 69.0 Å². The second-order valence-electron chi connectivity index (χ2n) is 9.77. The molecule has 3 aromatic rings. The summed E-state index contributed by atoms with van der Waals surface area (Å²) in [4.78, 5) is 2.35. The van der Waals surface area contributed by atoms with Crippen LogP contribution in [0, 0.1) is 20.8 Å². The third-order valence-electron chi connectivity index (χ3n) is 6.68. The Balaban J connectivity index is 1.29. The number of hydrogen-bond donors (Lipinski definition) is 1. The molecule has 194 valence electrons. The molecular formula is C28H36ClN3O4. The number of aromatic nitrogens is 2. The van der Waals surface area contributed by atoms with E-state index in [1.54, 1.807) is 7.11 Å². The van der Waals surface area contributed by atoms with Crippen molar-refractivity contribution in [2.75, 3.05) is 33.4 Å². The van der Waals surface area contributed by atoms with Gasteiger partial charge in [0.25, 0.3) is 0 Å². The molecule has 1 aliphatic heterocycles. The molecule has 1 fully saturated rings. The largest absolute Gasteiger partial charge is 0.493 e. The smallest absolute Gasteiger partial charge is 0.161 e. The number of likely N-dealkylation sites (tertiary alicyclic amines) is 1. The third-order valence-corrected chi connectivity index (χ3v) is 7.27. The molecule has 1 saturated heterocycles. The van der Waals surface area contributed by atoms with Crippen LogP contribution in [-0.2, 0) is 13.1 Å². The van der Waals surface area contributed by atoms with Gasteiger partial charge in [0.15, 0.2) is 11.5 Å². The predicted molar refractivity (Wildman–Crippen MR) is 141 cm³/mol. The molecule has 2 aromatic carbocycles. The van der Waals surface area contributed by atoms with E-state index in [2.05, 4.69) is 16.1 Å². The van der Waals surface area contributed by atoms with E-state index in [1.165, 1.54) is 0 Å². The van der Waals surface area contributed by atoms with Crippen LogP contribution in [0.5, 0.6) is 17.2 Å². The fraction of sp³-hybridized carbons (Fsp3) is 0.464. The molecule has 36 heavy (non-hydrogen) atoms. The number of benzene rings is 2. The van der Waals surface area contributed by atoms with Gasteiger partial charge in [-0.2, -0.15) is 5.10 Å². The van der Waals surface area contributed by atoms with Gasteiger partial charge in [-0.25, -0.2) is 0 Å². The maximum absolute atomic E-state index is 11.1. The van der Waals surface area contributed by atoms with Gasteiger partial charge < -0.3 is 19.3 Å². The number of hydrogen-bond acceptors (Lipinski definition) is 6. The quantitative estimate of drug-likeness (QED) is 0.413. The van der Waals surface area contributed by atoms with Crippen molar-refractivity contribution in [3.05, 3.63) is 70.0 Å². The van der Waals surface area contributed by atoms with Crippen molar-refractivity contribution >= 4 is 11.6 Å². The number of rotatable bonds is 10. The number of nitrogens with zero attached hydrogens (tertiary/aromatic N) is 3. The first-order chi connectivity index (χ1) is 17.2. The Bertz CT molecular complexity index is 1150. The van der Waals surface area contributed by atoms with Gasteiger partial charge in [-0.1, -0.05) is 17.7 Å². The van der Waals surface area contributed by atoms with E-state index >= 15 is 0 Å². The van der Waals surface area contributed by atoms with Crippen molar-refractivity contribution < 1.29 is 19.3 Å². The molecule has 0 bridgehead atoms. The Morgan fingerprint density at radius 2 is 1.75 bits per heavy atom. The van der Waals surface area contributed by atoms with E-state index in [0.717, 1.165) is 58.4 Å². The van der Waals surface area contributed by atoms with E-state index in [1.807, 2.05) is 62.1 Å². The third kappa shape index (κ3) is 6.72. The first-order valence-corrected chi connectivity index (χ1v) is 12.8. The van der Waals surface area contributed by atoms with Crippen molar-refractivity contribution in [1.82, 2.24) is 14.7 Å². The number of aryl methyl sites for hydroxylation is 3. The first kappa shape index (κ1) is 26.3. The van der Waals surface area contributed by atoms with Crippen molar-refractivity contribution in [3.8, 4) is 17.2 Å². The molecule has 7 nitrogen and oxygen atoms in total. The van der Waals surface area contributed by atoms with E-state index in [9.17, 15) is 5.11 Å². The fourth-order valence-electron chi connectivity index (χ4n) is 4.51. The molecular weight excluding hydrogens is 478 g/mol. The summed E-state index contributed by atoms with van der Waals surface area (Å²) in [5.41, 5.74) is 3.40. The second kappa shape index (κ2) is 11.5. The average molecular weight is 514 g/mol. The van der Waals surface area contributed by atoms with Crippen LogP contribution in [0.1, 0.15) is 35.1 Å². The number of aliphatic hydroxyl groups is 1. The summed E-state index contributed by atoms with van der Waals surface area (Å²) in [6, 6.07) is 9.91. The summed E-state index contributed by atoms with van der Waals surface area (Å²) in [7, 11) is 1.65. The Kier molecular flexibility index (Phi) is 8.44. The minimum atomic E-state index is -0.836. The highest BCUT2D eigenvalue weighted by molar-refractivity contribution is 6.32. The van der Waals surface area contributed by atoms with Crippen LogP contribution in [0.25, 0.3) is 0 Å². The molecule has 0 radical (unpaired) electrons. The van der Waals surface area contributed by atoms with Gasteiger partial charge >= 0.3 is 0 Å². The van der Waals surface area contributed by atoms with Gasteiger partial charge in [-0.15, -0.1) is 0 Å². The highest BCUT2D eigenvalue weighted by atomic mass is 35.5. The van der Waals surface area contributed by atoms with E-state index < -0.39 is 5.60 Å². The zero-order valence-electron chi connectivity index (χ0n) is 21.6. The van der Waals surface area contributed by atoms with Crippen LogP contribution in [-0.4, -0.2) is 58.8 Å². The monoisotopic (exact) mass is 513 g/mol. The van der Waals surface area contributed by atoms with Gasteiger partial charge in [-0.05, 0) is 80.1 Å². The Hall–Kier alpha value is -2.74. The first-order valence-electron chi connectivity index (χ1n) is 12.4. The zero-order valence-corrected chi connectivity index (χ0v) is 22.3. The van der Waals surface area contributed by atoms with Crippen LogP contribution in [0.4, 0.5) is 0 Å². The van der Waals surface area contributed by atoms with Crippen molar-refractivity contribution in [2.24, 2.45) is 0 Å². The van der Waals surface area contributed by atoms with Crippen molar-refractivity contribution in [1.29, 1.82) is 0 Å². The van der Waals surface area contributed by atoms with Crippen LogP contribution in [0.3, 0.4) is 0 Å². The molecule has 0 spiro atoms. The second-order valence-corrected chi connectivity index (χ2v) is 10.2. The molecule has 1 N–H and O–H groups in total. The standard InChI is InChI=1S/C28H36ClN3O4/c1-20-16-30-32(17-20)11-12-35-26-15-23(5-6-25(26)34-4)18-31-9-7-28(33,8-10-31)19-36-24-13-21(2)27(29)22(3)14-24/h5-6,13-17,33H,7-12,18-19H2,1-4H3. The molecule has 8 heteroatoms. The number of ether oxygens (including phenoxy) is 3. The van der Waals surface area contributed by atoms with Crippen LogP contribution in [0.15, 0.2) is 42.7 Å². The van der Waals surface area contributed by atoms with Gasteiger partial charge in [0.1, 0.15) is 24.6 Å². The molecule has 0 amide bonds. The molecule has 1 aliphatic rings. The number of halogens is 1. The van der Waals surface area contributed by atoms with Gasteiger partial charge in [-0.3, -0.25) is 9.58 Å². The Morgan fingerprint density at radius 1 is 1.03 bits per heavy atom. The van der Waals surface area contributed by atoms with Crippen LogP contribution in [0.2, 0.25) is 5.02 Å². The summed E-state index contributed by atoms with van der Waals surface area (Å²) in [5, 5.41) is 16.2. The molecule has 1 aromatic heterocycles. The molecule has 0 aliphatic carbocycles. The minimum absolute atomic E-state index is 0.275. The molecule has 0 unspecified atom stereocenters. The average Bonchev–Trinajstić information content (AvgIpc) is 3.28. The van der Waals surface area contributed by atoms with Crippen LogP contribution >= 0.6 is 11.6 Å². The molecule has 0 atom stereocenters. The highest BCUT2D eigenvalue weighted by Crippen LogP contribution is 2.31. The van der Waals surface area contributed by atoms with E-state index in [-0.39, 0.29) is 6.61 Å². The lowest BCUT2D eigenvalue weighted by molar-refractivity contribution is -0.0537. The molecule has 2 heterocycles. The SMILES string of the molecule is COc1ccc(CN2CCC(O)(COc3cc(C)c(Cl)c(C)c3)CC2)cc1OCCn1cc(C)cn1. The fourth-order valence-corrected chi connectivity index (χ4v) is 4.62. The molecule has 4 rings (SSSR count). The summed E-state index contributed by atoms with van der Waals surface area (Å²) in [6.07, 6.45) is 5.15. The lowest BCUT2D eigenvalue weighted by atomic mass is 9.92. The minimum Gasteiger partial charge on any atom is -0.493 e. The number of methoxy groups -OCH3 is 1. The highest BCUT2D eigenvalue weighted by Gasteiger charge is 2.33. The summed E-state index contributed by atoms with van der Waals surface area (Å²) in [6.45, 7) is 9.76. The summed E-state index contributed by atoms with van der Waals surface area (Å²) < 4.78 is 19.4. The van der Waals surface area contributed by atoms with Gasteiger partial charge in [0.2, 0.25) is 0 Å². The van der Waals surface area contributed by atoms with Crippen LogP contribution < -0.4 is 14.2 Å². The van der Waals surface area contributed by atoms with Gasteiger partial charge in [0.05, 0.1) is 19.9 Å². The lowest BCUT2D eigenvalue weighted by Crippen LogP contribution is -2.47. The summed E-state index contributed by atoms with van der Waals surface area (Å²) in [5.74, 6) is 2.20. The van der Waals surface area contributed by atoms with E-state index in [4.69, 9.17) is 25.8 Å². The lowest BCUT2D eigenvalue weighted by Gasteiger charge is -2.38. The zero-order chi connectivity index (χ0) is 25.7. The number of piperidine rings is 1. The van der Waals surface area contributed by atoms with E-state index in [0.29, 0.717) is 31.7 Å². The van der Waals surface area contributed by atoms with Crippen molar-refractivity contribution in [3.63, 3.8) is 0 Å². The van der Waals surface area contributed by atoms with Crippen molar-refractivity contribution in [2.45, 2.75) is 52.3 Å². The maximum atomic E-state index is 11.1. The normalized spacial score (nSPS) is 15.6. The maximum Gasteiger partial charge on any atom is 0.161 e. The molecule has 0 saturated carbocycles.